The Labute approximate surface area is 52.4 Å². The largest absolute Gasteiger partial charge is 0.461 e. The smallest absolute Gasteiger partial charge is 0.355 e. The van der Waals surface area contributed by atoms with Crippen LogP contribution >= 0.6 is 0 Å². The van der Waals surface area contributed by atoms with Crippen molar-refractivity contribution in [1.29, 1.82) is 0 Å². The van der Waals surface area contributed by atoms with E-state index < -0.39 is 0 Å². The standard InChI is InChI=1S/C4H8N4O/c1-2-3-9-4-5-7-8-6-4/h2-3H2,1H3,(H,5,6,7,8). The second kappa shape index (κ2) is 3.01. The molecule has 0 aliphatic carbocycles. The van der Waals surface area contributed by atoms with E-state index in [-0.39, 0.29) is 0 Å². The zero-order chi connectivity index (χ0) is 6.53. The molecule has 0 fully saturated rings. The van der Waals surface area contributed by atoms with Crippen LogP contribution in [0.5, 0.6) is 6.01 Å². The Balaban J connectivity index is 2.30. The van der Waals surface area contributed by atoms with Gasteiger partial charge in [0.1, 0.15) is 0 Å². The number of hydrogen-bond acceptors (Lipinski definition) is 4. The van der Waals surface area contributed by atoms with Crippen LogP contribution in [-0.2, 0) is 0 Å². The van der Waals surface area contributed by atoms with Crippen molar-refractivity contribution < 1.29 is 4.74 Å². The average molecular weight is 128 g/mol. The van der Waals surface area contributed by atoms with E-state index in [1.807, 2.05) is 6.92 Å². The van der Waals surface area contributed by atoms with Crippen LogP contribution < -0.4 is 4.74 Å². The Morgan fingerprint density at radius 3 is 3.11 bits per heavy atom. The summed E-state index contributed by atoms with van der Waals surface area (Å²) in [5.74, 6) is 0. The lowest BCUT2D eigenvalue weighted by molar-refractivity contribution is 0.292. The molecule has 0 atom stereocenters. The van der Waals surface area contributed by atoms with Crippen molar-refractivity contribution in [3.63, 3.8) is 0 Å². The monoisotopic (exact) mass is 128 g/mol. The molecular formula is C4H8N4O. The third kappa shape index (κ3) is 1.67. The summed E-state index contributed by atoms with van der Waals surface area (Å²) in [7, 11) is 0. The molecule has 1 heterocycles. The van der Waals surface area contributed by atoms with Crippen molar-refractivity contribution in [2.75, 3.05) is 6.61 Å². The van der Waals surface area contributed by atoms with Gasteiger partial charge in [-0.1, -0.05) is 17.1 Å². The maximum atomic E-state index is 4.98. The lowest BCUT2D eigenvalue weighted by Gasteiger charge is -1.93. The number of nitrogens with one attached hydrogen (secondary N) is 1. The Bertz CT molecular complexity index is 150. The van der Waals surface area contributed by atoms with Gasteiger partial charge in [0.25, 0.3) is 0 Å². The summed E-state index contributed by atoms with van der Waals surface area (Å²) >= 11 is 0. The Morgan fingerprint density at radius 2 is 2.56 bits per heavy atom. The molecule has 1 aromatic rings. The molecule has 0 unspecified atom stereocenters. The molecule has 5 nitrogen and oxygen atoms in total. The molecule has 0 bridgehead atoms. The summed E-state index contributed by atoms with van der Waals surface area (Å²) in [6.45, 7) is 2.65. The van der Waals surface area contributed by atoms with Gasteiger partial charge in [-0.05, 0) is 11.6 Å². The minimum atomic E-state index is 0.317. The third-order valence-corrected chi connectivity index (χ3v) is 0.761. The second-order valence-corrected chi connectivity index (χ2v) is 1.54. The Kier molecular flexibility index (Phi) is 2.00. The molecule has 0 radical (unpaired) electrons. The van der Waals surface area contributed by atoms with Gasteiger partial charge in [0, 0.05) is 0 Å². The Hall–Kier alpha value is -1.13. The molecule has 0 saturated carbocycles. The van der Waals surface area contributed by atoms with Gasteiger partial charge >= 0.3 is 6.01 Å². The molecule has 9 heavy (non-hydrogen) atoms. The quantitative estimate of drug-likeness (QED) is 0.621. The highest BCUT2D eigenvalue weighted by Crippen LogP contribution is 1.93. The average Bonchev–Trinajstić information content (AvgIpc) is 2.34. The number of tetrazole rings is 1. The number of H-pyrrole nitrogens is 1. The van der Waals surface area contributed by atoms with Crippen LogP contribution in [0.1, 0.15) is 13.3 Å². The summed E-state index contributed by atoms with van der Waals surface area (Å²) in [6, 6.07) is 0.317. The summed E-state index contributed by atoms with van der Waals surface area (Å²) in [6.07, 6.45) is 0.953. The minimum absolute atomic E-state index is 0.317. The summed E-state index contributed by atoms with van der Waals surface area (Å²) in [4.78, 5) is 0. The van der Waals surface area contributed by atoms with E-state index >= 15 is 0 Å². The van der Waals surface area contributed by atoms with Crippen molar-refractivity contribution in [1.82, 2.24) is 20.6 Å². The highest BCUT2D eigenvalue weighted by molar-refractivity contribution is 4.80. The first-order valence-electron chi connectivity index (χ1n) is 2.79. The number of rotatable bonds is 3. The molecule has 0 aromatic carbocycles. The predicted molar refractivity (Wildman–Crippen MR) is 30.0 cm³/mol. The second-order valence-electron chi connectivity index (χ2n) is 1.54. The minimum Gasteiger partial charge on any atom is -0.461 e. The van der Waals surface area contributed by atoms with Gasteiger partial charge in [-0.25, -0.2) is 0 Å². The van der Waals surface area contributed by atoms with Gasteiger partial charge in [0.2, 0.25) is 0 Å². The van der Waals surface area contributed by atoms with Gasteiger partial charge < -0.3 is 4.74 Å². The van der Waals surface area contributed by atoms with Gasteiger partial charge in [0.05, 0.1) is 6.61 Å². The van der Waals surface area contributed by atoms with Gasteiger partial charge in [-0.3, -0.25) is 0 Å². The van der Waals surface area contributed by atoms with Gasteiger partial charge in [0.15, 0.2) is 0 Å². The molecule has 0 saturated heterocycles. The SMILES string of the molecule is CCCOc1nn[nH]n1. The fourth-order valence-corrected chi connectivity index (χ4v) is 0.407. The summed E-state index contributed by atoms with van der Waals surface area (Å²) in [5.41, 5.74) is 0. The fourth-order valence-electron chi connectivity index (χ4n) is 0.407. The van der Waals surface area contributed by atoms with Crippen LogP contribution in [0.25, 0.3) is 0 Å². The van der Waals surface area contributed by atoms with E-state index in [4.69, 9.17) is 4.74 Å². The number of hydrogen-bond donors (Lipinski definition) is 1. The normalized spacial score (nSPS) is 9.44. The van der Waals surface area contributed by atoms with Crippen molar-refractivity contribution >= 4 is 0 Å². The number of nitrogens with zero attached hydrogens (tertiary/aromatic N) is 3. The highest BCUT2D eigenvalue weighted by Gasteiger charge is 1.93. The first-order valence-corrected chi connectivity index (χ1v) is 2.79. The Morgan fingerprint density at radius 1 is 1.67 bits per heavy atom. The van der Waals surface area contributed by atoms with E-state index in [1.165, 1.54) is 0 Å². The lowest BCUT2D eigenvalue weighted by atomic mass is 10.5. The zero-order valence-corrected chi connectivity index (χ0v) is 5.16. The molecule has 0 aliphatic heterocycles. The number of ether oxygens (including phenoxy) is 1. The van der Waals surface area contributed by atoms with Crippen molar-refractivity contribution in [3.8, 4) is 6.01 Å². The highest BCUT2D eigenvalue weighted by atomic mass is 16.5. The summed E-state index contributed by atoms with van der Waals surface area (Å²) in [5, 5.41) is 12.8. The van der Waals surface area contributed by atoms with E-state index in [9.17, 15) is 0 Å². The molecule has 1 N–H and O–H groups in total. The maximum absolute atomic E-state index is 4.98. The van der Waals surface area contributed by atoms with E-state index in [2.05, 4.69) is 20.6 Å². The van der Waals surface area contributed by atoms with Crippen LogP contribution in [0.2, 0.25) is 0 Å². The molecule has 1 aromatic heterocycles. The lowest BCUT2D eigenvalue weighted by Crippen LogP contribution is -1.96. The van der Waals surface area contributed by atoms with Crippen molar-refractivity contribution in [3.05, 3.63) is 0 Å². The maximum Gasteiger partial charge on any atom is 0.355 e. The van der Waals surface area contributed by atoms with Crippen LogP contribution in [-0.4, -0.2) is 27.2 Å². The van der Waals surface area contributed by atoms with Crippen LogP contribution in [0.3, 0.4) is 0 Å². The first kappa shape index (κ1) is 6.00. The topological polar surface area (TPSA) is 63.7 Å². The number of aromatic amines is 1. The first-order chi connectivity index (χ1) is 4.43. The molecule has 0 aliphatic rings. The van der Waals surface area contributed by atoms with E-state index in [0.717, 1.165) is 6.42 Å². The van der Waals surface area contributed by atoms with Crippen LogP contribution in [0.15, 0.2) is 0 Å². The van der Waals surface area contributed by atoms with Crippen LogP contribution in [0, 0.1) is 0 Å². The van der Waals surface area contributed by atoms with Gasteiger partial charge in [-0.15, -0.1) is 0 Å². The van der Waals surface area contributed by atoms with E-state index in [1.54, 1.807) is 0 Å². The predicted octanol–water partition coefficient (Wildman–Crippen LogP) is -0.0115. The molecule has 0 spiro atoms. The molecule has 5 heteroatoms. The molecular weight excluding hydrogens is 120 g/mol. The van der Waals surface area contributed by atoms with E-state index in [0.29, 0.717) is 12.6 Å². The molecule has 0 amide bonds. The fraction of sp³-hybridized carbons (Fsp3) is 0.750. The summed E-state index contributed by atoms with van der Waals surface area (Å²) < 4.78 is 4.98. The molecule has 1 rings (SSSR count). The number of aromatic nitrogens is 4. The molecule has 50 valence electrons. The van der Waals surface area contributed by atoms with Crippen LogP contribution in [0.4, 0.5) is 0 Å². The van der Waals surface area contributed by atoms with Gasteiger partial charge in [-0.2, -0.15) is 5.21 Å². The zero-order valence-electron chi connectivity index (χ0n) is 5.16. The van der Waals surface area contributed by atoms with Crippen molar-refractivity contribution in [2.24, 2.45) is 0 Å². The third-order valence-electron chi connectivity index (χ3n) is 0.761. The van der Waals surface area contributed by atoms with Crippen molar-refractivity contribution in [2.45, 2.75) is 13.3 Å².